The van der Waals surface area contributed by atoms with Crippen molar-refractivity contribution < 1.29 is 0 Å². The third-order valence-electron chi connectivity index (χ3n) is 2.55. The Morgan fingerprint density at radius 2 is 2.19 bits per heavy atom. The molecule has 0 aliphatic rings. The third kappa shape index (κ3) is 3.89. The fourth-order valence-corrected chi connectivity index (χ4v) is 2.05. The van der Waals surface area contributed by atoms with Crippen molar-refractivity contribution in [1.82, 2.24) is 5.32 Å². The number of rotatable bonds is 6. The van der Waals surface area contributed by atoms with E-state index in [1.165, 1.54) is 5.56 Å². The highest BCUT2D eigenvalue weighted by Crippen LogP contribution is 2.26. The van der Waals surface area contributed by atoms with Gasteiger partial charge in [-0.2, -0.15) is 0 Å². The van der Waals surface area contributed by atoms with E-state index in [4.69, 9.17) is 18.0 Å². The average Bonchev–Trinajstić information content (AvgIpc) is 2.29. The van der Waals surface area contributed by atoms with E-state index in [1.807, 2.05) is 18.2 Å². The second kappa shape index (κ2) is 7.33. The van der Waals surface area contributed by atoms with Gasteiger partial charge in [0, 0.05) is 17.5 Å². The van der Waals surface area contributed by atoms with Crippen molar-refractivity contribution in [2.24, 2.45) is 0 Å². The second-order valence-electron chi connectivity index (χ2n) is 3.73. The molecule has 0 saturated carbocycles. The standard InChI is InChI=1S/C14H18ClN/c1-3-5-6-11-14(16-4-2)12-9-7-8-10-13(12)15/h1,7-10,14,16H,4-6,11H2,2H3. The molecule has 0 saturated heterocycles. The molecule has 0 bridgehead atoms. The zero-order valence-electron chi connectivity index (χ0n) is 9.67. The number of unbranched alkanes of at least 4 members (excludes halogenated alkanes) is 1. The number of halogens is 1. The molecule has 1 aromatic carbocycles. The first-order valence-corrected chi connectivity index (χ1v) is 6.08. The van der Waals surface area contributed by atoms with Gasteiger partial charge in [-0.05, 0) is 31.0 Å². The van der Waals surface area contributed by atoms with Gasteiger partial charge in [0.1, 0.15) is 0 Å². The molecule has 0 aliphatic heterocycles. The van der Waals surface area contributed by atoms with Crippen molar-refractivity contribution in [3.63, 3.8) is 0 Å². The van der Waals surface area contributed by atoms with E-state index in [9.17, 15) is 0 Å². The normalized spacial score (nSPS) is 12.1. The molecular formula is C14H18ClN. The maximum atomic E-state index is 6.19. The Bertz CT molecular complexity index is 354. The summed E-state index contributed by atoms with van der Waals surface area (Å²) in [6, 6.07) is 8.30. The second-order valence-corrected chi connectivity index (χ2v) is 4.14. The van der Waals surface area contributed by atoms with Crippen LogP contribution in [0, 0.1) is 12.3 Å². The summed E-state index contributed by atoms with van der Waals surface area (Å²) in [6.07, 6.45) is 8.14. The van der Waals surface area contributed by atoms with Gasteiger partial charge < -0.3 is 5.32 Å². The van der Waals surface area contributed by atoms with Gasteiger partial charge in [0.15, 0.2) is 0 Å². The van der Waals surface area contributed by atoms with Gasteiger partial charge in [-0.1, -0.05) is 36.7 Å². The molecule has 1 atom stereocenters. The highest BCUT2D eigenvalue weighted by Gasteiger charge is 2.12. The van der Waals surface area contributed by atoms with Gasteiger partial charge in [-0.3, -0.25) is 0 Å². The molecule has 0 aliphatic carbocycles. The Kier molecular flexibility index (Phi) is 6.00. The maximum absolute atomic E-state index is 6.19. The maximum Gasteiger partial charge on any atom is 0.0453 e. The minimum Gasteiger partial charge on any atom is -0.310 e. The van der Waals surface area contributed by atoms with Gasteiger partial charge in [0.2, 0.25) is 0 Å². The van der Waals surface area contributed by atoms with E-state index in [0.29, 0.717) is 6.04 Å². The van der Waals surface area contributed by atoms with Gasteiger partial charge in [-0.15, -0.1) is 12.3 Å². The van der Waals surface area contributed by atoms with Crippen LogP contribution >= 0.6 is 11.6 Å². The molecule has 0 heterocycles. The lowest BCUT2D eigenvalue weighted by Crippen LogP contribution is -2.21. The third-order valence-corrected chi connectivity index (χ3v) is 2.89. The highest BCUT2D eigenvalue weighted by molar-refractivity contribution is 6.31. The molecule has 1 rings (SSSR count). The molecule has 0 aromatic heterocycles. The molecule has 1 aromatic rings. The van der Waals surface area contributed by atoms with Gasteiger partial charge in [0.05, 0.1) is 0 Å². The van der Waals surface area contributed by atoms with Gasteiger partial charge in [-0.25, -0.2) is 0 Å². The van der Waals surface area contributed by atoms with Crippen molar-refractivity contribution in [3.8, 4) is 12.3 Å². The number of terminal acetylenes is 1. The highest BCUT2D eigenvalue weighted by atomic mass is 35.5. The van der Waals surface area contributed by atoms with Crippen LogP contribution in [0.2, 0.25) is 5.02 Å². The number of nitrogens with one attached hydrogen (secondary N) is 1. The fourth-order valence-electron chi connectivity index (χ4n) is 1.78. The van der Waals surface area contributed by atoms with Gasteiger partial charge in [0.25, 0.3) is 0 Å². The van der Waals surface area contributed by atoms with Gasteiger partial charge >= 0.3 is 0 Å². The first-order chi connectivity index (χ1) is 7.79. The largest absolute Gasteiger partial charge is 0.310 e. The SMILES string of the molecule is C#CCCCC(NCC)c1ccccc1Cl. The van der Waals surface area contributed by atoms with Crippen molar-refractivity contribution in [3.05, 3.63) is 34.9 Å². The summed E-state index contributed by atoms with van der Waals surface area (Å²) in [4.78, 5) is 0. The summed E-state index contributed by atoms with van der Waals surface area (Å²) in [5.74, 6) is 2.67. The zero-order chi connectivity index (χ0) is 11.8. The van der Waals surface area contributed by atoms with Crippen LogP contribution in [-0.4, -0.2) is 6.54 Å². The van der Waals surface area contributed by atoms with Crippen molar-refractivity contribution >= 4 is 11.6 Å². The van der Waals surface area contributed by atoms with Crippen LogP contribution < -0.4 is 5.32 Å². The van der Waals surface area contributed by atoms with Crippen LogP contribution in [0.5, 0.6) is 0 Å². The van der Waals surface area contributed by atoms with Crippen LogP contribution in [0.1, 0.15) is 37.8 Å². The molecule has 0 radical (unpaired) electrons. The molecule has 0 spiro atoms. The Hall–Kier alpha value is -0.970. The van der Waals surface area contributed by atoms with Crippen LogP contribution in [0.3, 0.4) is 0 Å². The first kappa shape index (κ1) is 13.1. The molecule has 1 unspecified atom stereocenters. The summed E-state index contributed by atoms with van der Waals surface area (Å²) in [7, 11) is 0. The number of hydrogen-bond donors (Lipinski definition) is 1. The van der Waals surface area contributed by atoms with Crippen LogP contribution in [-0.2, 0) is 0 Å². The fraction of sp³-hybridized carbons (Fsp3) is 0.429. The van der Waals surface area contributed by atoms with Crippen molar-refractivity contribution in [1.29, 1.82) is 0 Å². The minimum absolute atomic E-state index is 0.312. The van der Waals surface area contributed by atoms with E-state index in [2.05, 4.69) is 24.2 Å². The van der Waals surface area contributed by atoms with E-state index >= 15 is 0 Å². The lowest BCUT2D eigenvalue weighted by molar-refractivity contribution is 0.502. The van der Waals surface area contributed by atoms with Crippen LogP contribution in [0.25, 0.3) is 0 Å². The number of hydrogen-bond acceptors (Lipinski definition) is 1. The quantitative estimate of drug-likeness (QED) is 0.584. The number of benzene rings is 1. The smallest absolute Gasteiger partial charge is 0.0453 e. The lowest BCUT2D eigenvalue weighted by Gasteiger charge is -2.19. The first-order valence-electron chi connectivity index (χ1n) is 5.70. The minimum atomic E-state index is 0.312. The van der Waals surface area contributed by atoms with Crippen molar-refractivity contribution in [2.75, 3.05) is 6.54 Å². The van der Waals surface area contributed by atoms with Crippen LogP contribution in [0.15, 0.2) is 24.3 Å². The van der Waals surface area contributed by atoms with E-state index in [-0.39, 0.29) is 0 Å². The summed E-state index contributed by atoms with van der Waals surface area (Å²) in [6.45, 7) is 3.04. The predicted molar refractivity (Wildman–Crippen MR) is 70.6 cm³/mol. The summed E-state index contributed by atoms with van der Waals surface area (Å²) >= 11 is 6.19. The molecule has 1 nitrogen and oxygen atoms in total. The van der Waals surface area contributed by atoms with E-state index < -0.39 is 0 Å². The van der Waals surface area contributed by atoms with E-state index in [0.717, 1.165) is 30.8 Å². The summed E-state index contributed by atoms with van der Waals surface area (Å²) < 4.78 is 0. The topological polar surface area (TPSA) is 12.0 Å². The van der Waals surface area contributed by atoms with Crippen molar-refractivity contribution in [2.45, 2.75) is 32.2 Å². The summed E-state index contributed by atoms with van der Waals surface area (Å²) in [5.41, 5.74) is 1.17. The Labute approximate surface area is 103 Å². The monoisotopic (exact) mass is 235 g/mol. The predicted octanol–water partition coefficient (Wildman–Crippen LogP) is 3.79. The molecule has 86 valence electrons. The molecule has 16 heavy (non-hydrogen) atoms. The zero-order valence-corrected chi connectivity index (χ0v) is 10.4. The van der Waals surface area contributed by atoms with Crippen LogP contribution in [0.4, 0.5) is 0 Å². The lowest BCUT2D eigenvalue weighted by atomic mass is 10.0. The molecule has 2 heteroatoms. The average molecular weight is 236 g/mol. The Morgan fingerprint density at radius 3 is 2.81 bits per heavy atom. The molecular weight excluding hydrogens is 218 g/mol. The molecule has 1 N–H and O–H groups in total. The Balaban J connectivity index is 2.69. The molecule has 0 amide bonds. The summed E-state index contributed by atoms with van der Waals surface area (Å²) in [5, 5.41) is 4.27. The van der Waals surface area contributed by atoms with E-state index in [1.54, 1.807) is 0 Å². The Morgan fingerprint density at radius 1 is 1.44 bits per heavy atom. The molecule has 0 fully saturated rings.